The van der Waals surface area contributed by atoms with Crippen LogP contribution in [-0.4, -0.2) is 15.1 Å². The van der Waals surface area contributed by atoms with Gasteiger partial charge in [-0.1, -0.05) is 41.6 Å². The van der Waals surface area contributed by atoms with E-state index in [1.54, 1.807) is 24.3 Å². The van der Waals surface area contributed by atoms with Crippen LogP contribution in [-0.2, 0) is 6.61 Å². The van der Waals surface area contributed by atoms with Crippen LogP contribution in [0.1, 0.15) is 5.76 Å². The summed E-state index contributed by atoms with van der Waals surface area (Å²) < 4.78 is 17.0. The minimum Gasteiger partial charge on any atom is -0.485 e. The van der Waals surface area contributed by atoms with Crippen LogP contribution < -0.4 is 4.74 Å². The van der Waals surface area contributed by atoms with Crippen molar-refractivity contribution in [3.8, 4) is 28.8 Å². The van der Waals surface area contributed by atoms with Gasteiger partial charge in [-0.3, -0.25) is 10.1 Å². The number of nitro groups is 1. The van der Waals surface area contributed by atoms with Crippen LogP contribution in [0, 0.1) is 10.1 Å². The third-order valence-electron chi connectivity index (χ3n) is 4.75. The third kappa shape index (κ3) is 3.74. The van der Waals surface area contributed by atoms with Crippen molar-refractivity contribution in [3.05, 3.63) is 94.7 Å². The Labute approximate surface area is 175 Å². The zero-order valence-electron chi connectivity index (χ0n) is 16.1. The fourth-order valence-corrected chi connectivity index (χ4v) is 3.21. The molecule has 5 rings (SSSR count). The van der Waals surface area contributed by atoms with Crippen LogP contribution in [0.5, 0.6) is 5.75 Å². The van der Waals surface area contributed by atoms with E-state index in [0.717, 1.165) is 16.5 Å². The molecule has 8 nitrogen and oxygen atoms in total. The number of fused-ring (bicyclic) bond motifs is 1. The summed E-state index contributed by atoms with van der Waals surface area (Å²) in [5.74, 6) is 2.32. The Hall–Kier alpha value is -4.46. The first-order chi connectivity index (χ1) is 15.2. The van der Waals surface area contributed by atoms with E-state index in [2.05, 4.69) is 10.1 Å². The Kier molecular flexibility index (Phi) is 4.64. The average Bonchev–Trinajstić information content (AvgIpc) is 3.47. The van der Waals surface area contributed by atoms with Crippen molar-refractivity contribution >= 4 is 16.5 Å². The topological polar surface area (TPSA) is 104 Å². The van der Waals surface area contributed by atoms with Crippen LogP contribution >= 0.6 is 0 Å². The molecule has 8 heteroatoms. The van der Waals surface area contributed by atoms with Gasteiger partial charge in [-0.15, -0.1) is 0 Å². The molecule has 0 amide bonds. The van der Waals surface area contributed by atoms with Gasteiger partial charge in [0.2, 0.25) is 5.82 Å². The Morgan fingerprint density at radius 2 is 1.74 bits per heavy atom. The summed E-state index contributed by atoms with van der Waals surface area (Å²) >= 11 is 0. The molecule has 0 atom stereocenters. The molecule has 2 heterocycles. The number of aromatic nitrogens is 2. The molecule has 0 aliphatic rings. The quantitative estimate of drug-likeness (QED) is 0.262. The fourth-order valence-electron chi connectivity index (χ4n) is 3.21. The monoisotopic (exact) mass is 413 g/mol. The van der Waals surface area contributed by atoms with Gasteiger partial charge < -0.3 is 13.7 Å². The van der Waals surface area contributed by atoms with Crippen LogP contribution in [0.3, 0.4) is 0 Å². The van der Waals surface area contributed by atoms with Crippen molar-refractivity contribution in [1.82, 2.24) is 10.1 Å². The van der Waals surface area contributed by atoms with Gasteiger partial charge in [0.25, 0.3) is 11.6 Å². The molecule has 0 unspecified atom stereocenters. The SMILES string of the molecule is O=[N+]([O-])c1ccc(-c2noc(-c3ccc(COc4cccc5ccccc45)o3)n2)cc1. The summed E-state index contributed by atoms with van der Waals surface area (Å²) in [6.07, 6.45) is 0. The zero-order chi connectivity index (χ0) is 21.2. The Balaban J connectivity index is 1.31. The molecule has 0 radical (unpaired) electrons. The molecule has 5 aromatic rings. The van der Waals surface area contributed by atoms with E-state index in [0.29, 0.717) is 22.9 Å². The van der Waals surface area contributed by atoms with E-state index in [1.165, 1.54) is 12.1 Å². The highest BCUT2D eigenvalue weighted by Crippen LogP contribution is 2.28. The normalized spacial score (nSPS) is 11.0. The molecule has 0 N–H and O–H groups in total. The third-order valence-corrected chi connectivity index (χ3v) is 4.75. The van der Waals surface area contributed by atoms with Gasteiger partial charge in [-0.25, -0.2) is 0 Å². The highest BCUT2D eigenvalue weighted by Gasteiger charge is 2.15. The number of nitro benzene ring substituents is 1. The molecule has 0 spiro atoms. The molecule has 0 saturated carbocycles. The summed E-state index contributed by atoms with van der Waals surface area (Å²) in [7, 11) is 0. The van der Waals surface area contributed by atoms with Gasteiger partial charge >= 0.3 is 0 Å². The number of non-ortho nitro benzene ring substituents is 1. The molecular weight excluding hydrogens is 398 g/mol. The molecule has 3 aromatic carbocycles. The first-order valence-electron chi connectivity index (χ1n) is 9.45. The van der Waals surface area contributed by atoms with Crippen molar-refractivity contribution in [2.45, 2.75) is 6.61 Å². The van der Waals surface area contributed by atoms with E-state index < -0.39 is 4.92 Å². The Bertz CT molecular complexity index is 1370. The summed E-state index contributed by atoms with van der Waals surface area (Å²) in [5.41, 5.74) is 0.598. The number of rotatable bonds is 6. The highest BCUT2D eigenvalue weighted by molar-refractivity contribution is 5.88. The summed E-state index contributed by atoms with van der Waals surface area (Å²) in [6, 6.07) is 23.3. The lowest BCUT2D eigenvalue weighted by Crippen LogP contribution is -1.94. The van der Waals surface area contributed by atoms with E-state index in [-0.39, 0.29) is 18.2 Å². The average molecular weight is 413 g/mol. The molecule has 0 aliphatic carbocycles. The molecule has 0 bridgehead atoms. The summed E-state index contributed by atoms with van der Waals surface area (Å²) in [4.78, 5) is 14.6. The second-order valence-electron chi connectivity index (χ2n) is 6.76. The van der Waals surface area contributed by atoms with Crippen molar-refractivity contribution in [3.63, 3.8) is 0 Å². The lowest BCUT2D eigenvalue weighted by atomic mass is 10.1. The smallest absolute Gasteiger partial charge is 0.293 e. The zero-order valence-corrected chi connectivity index (χ0v) is 16.1. The molecule has 152 valence electrons. The predicted molar refractivity (Wildman–Crippen MR) is 112 cm³/mol. The minimum absolute atomic E-state index is 0.00524. The molecule has 0 saturated heterocycles. The maximum atomic E-state index is 10.8. The van der Waals surface area contributed by atoms with E-state index in [1.807, 2.05) is 42.5 Å². The van der Waals surface area contributed by atoms with Gasteiger partial charge in [0, 0.05) is 23.1 Å². The second-order valence-corrected chi connectivity index (χ2v) is 6.76. The van der Waals surface area contributed by atoms with Gasteiger partial charge in [0.15, 0.2) is 5.76 Å². The van der Waals surface area contributed by atoms with Crippen molar-refractivity contribution in [1.29, 1.82) is 0 Å². The van der Waals surface area contributed by atoms with Crippen LogP contribution in [0.4, 0.5) is 5.69 Å². The Morgan fingerprint density at radius 1 is 0.935 bits per heavy atom. The largest absolute Gasteiger partial charge is 0.485 e. The maximum absolute atomic E-state index is 10.8. The number of nitrogens with zero attached hydrogens (tertiary/aromatic N) is 3. The first kappa shape index (κ1) is 18.6. The predicted octanol–water partition coefficient (Wildman–Crippen LogP) is 5.64. The molecule has 31 heavy (non-hydrogen) atoms. The van der Waals surface area contributed by atoms with Crippen LogP contribution in [0.25, 0.3) is 33.8 Å². The Morgan fingerprint density at radius 3 is 2.58 bits per heavy atom. The minimum atomic E-state index is -0.462. The van der Waals surface area contributed by atoms with Gasteiger partial charge in [-0.2, -0.15) is 4.98 Å². The molecule has 2 aromatic heterocycles. The van der Waals surface area contributed by atoms with Crippen LogP contribution in [0.2, 0.25) is 0 Å². The lowest BCUT2D eigenvalue weighted by Gasteiger charge is -2.07. The summed E-state index contributed by atoms with van der Waals surface area (Å²) in [5, 5.41) is 16.8. The van der Waals surface area contributed by atoms with Gasteiger partial charge in [0.05, 0.1) is 4.92 Å². The number of furan rings is 1. The van der Waals surface area contributed by atoms with Crippen molar-refractivity contribution < 1.29 is 18.6 Å². The lowest BCUT2D eigenvalue weighted by molar-refractivity contribution is -0.384. The maximum Gasteiger partial charge on any atom is 0.293 e. The number of hydrogen-bond acceptors (Lipinski definition) is 7. The highest BCUT2D eigenvalue weighted by atomic mass is 16.6. The van der Waals surface area contributed by atoms with Gasteiger partial charge in [0.1, 0.15) is 18.1 Å². The van der Waals surface area contributed by atoms with Gasteiger partial charge in [-0.05, 0) is 35.7 Å². The molecular formula is C23H15N3O5. The number of hydrogen-bond donors (Lipinski definition) is 0. The van der Waals surface area contributed by atoms with E-state index in [4.69, 9.17) is 13.7 Å². The fraction of sp³-hybridized carbons (Fsp3) is 0.0435. The van der Waals surface area contributed by atoms with E-state index >= 15 is 0 Å². The number of ether oxygens (including phenoxy) is 1. The second kappa shape index (κ2) is 7.75. The molecule has 0 fully saturated rings. The van der Waals surface area contributed by atoms with E-state index in [9.17, 15) is 10.1 Å². The molecule has 0 aliphatic heterocycles. The standard InChI is InChI=1S/C23H15N3O5/c27-26(28)17-10-8-16(9-11-17)22-24-23(31-25-22)21-13-12-18(30-21)14-29-20-7-3-5-15-4-1-2-6-19(15)20/h1-13H,14H2. The number of benzene rings is 3. The summed E-state index contributed by atoms with van der Waals surface area (Å²) in [6.45, 7) is 0.247. The van der Waals surface area contributed by atoms with Crippen LogP contribution in [0.15, 0.2) is 87.8 Å². The van der Waals surface area contributed by atoms with Crippen molar-refractivity contribution in [2.24, 2.45) is 0 Å². The van der Waals surface area contributed by atoms with Crippen molar-refractivity contribution in [2.75, 3.05) is 0 Å². The first-order valence-corrected chi connectivity index (χ1v) is 9.45.